The third-order valence-electron chi connectivity index (χ3n) is 3.49. The Morgan fingerprint density at radius 1 is 1.22 bits per heavy atom. The summed E-state index contributed by atoms with van der Waals surface area (Å²) in [7, 11) is 2.04. The lowest BCUT2D eigenvalue weighted by Crippen LogP contribution is -2.24. The second-order valence-corrected chi connectivity index (χ2v) is 5.00. The van der Waals surface area contributed by atoms with E-state index >= 15 is 0 Å². The number of benzene rings is 1. The molecule has 0 saturated carbocycles. The Bertz CT molecular complexity index is 553. The van der Waals surface area contributed by atoms with Crippen LogP contribution in [-0.4, -0.2) is 17.0 Å². The van der Waals surface area contributed by atoms with Crippen LogP contribution < -0.4 is 4.90 Å². The van der Waals surface area contributed by atoms with Gasteiger partial charge in [0.1, 0.15) is 0 Å². The van der Waals surface area contributed by atoms with E-state index in [1.54, 1.807) is 12.4 Å². The van der Waals surface area contributed by atoms with Gasteiger partial charge in [-0.1, -0.05) is 35.9 Å². The fraction of sp³-hybridized carbons (Fsp3) is 0.286. The zero-order chi connectivity index (χ0) is 12.5. The number of rotatable bonds is 2. The van der Waals surface area contributed by atoms with Gasteiger partial charge in [0.05, 0.1) is 23.5 Å². The highest BCUT2D eigenvalue weighted by atomic mass is 35.5. The number of anilines is 1. The first-order chi connectivity index (χ1) is 8.75. The molecule has 0 radical (unpaired) electrons. The van der Waals surface area contributed by atoms with Gasteiger partial charge in [0.15, 0.2) is 0 Å². The van der Waals surface area contributed by atoms with Crippen LogP contribution in [0.25, 0.3) is 0 Å². The molecule has 1 heterocycles. The molecule has 3 rings (SSSR count). The normalized spacial score (nSPS) is 17.6. The van der Waals surface area contributed by atoms with Crippen molar-refractivity contribution in [3.8, 4) is 0 Å². The molecular formula is C14H14ClN3. The largest absolute Gasteiger partial charge is 0.337 e. The standard InChI is InChI=1S/C14H14ClN3/c1-18(14-16-8-11(15)9-17-14)13-7-6-10-4-2-3-5-12(10)13/h2-5,8-9,13H,6-7H2,1H3/t13-/m0/s1. The average molecular weight is 260 g/mol. The van der Waals surface area contributed by atoms with E-state index in [4.69, 9.17) is 11.6 Å². The van der Waals surface area contributed by atoms with Crippen LogP contribution in [0.15, 0.2) is 36.7 Å². The minimum Gasteiger partial charge on any atom is -0.337 e. The van der Waals surface area contributed by atoms with Crippen LogP contribution in [0.1, 0.15) is 23.6 Å². The van der Waals surface area contributed by atoms with Gasteiger partial charge in [-0.25, -0.2) is 9.97 Å². The van der Waals surface area contributed by atoms with E-state index in [2.05, 4.69) is 39.1 Å². The molecule has 2 aromatic rings. The molecule has 1 aliphatic carbocycles. The summed E-state index contributed by atoms with van der Waals surface area (Å²) in [5.74, 6) is 0.723. The molecule has 1 aromatic heterocycles. The second-order valence-electron chi connectivity index (χ2n) is 4.57. The highest BCUT2D eigenvalue weighted by Crippen LogP contribution is 2.36. The van der Waals surface area contributed by atoms with Gasteiger partial charge < -0.3 is 4.90 Å². The van der Waals surface area contributed by atoms with Crippen molar-refractivity contribution in [3.05, 3.63) is 52.8 Å². The molecule has 1 aliphatic rings. The van der Waals surface area contributed by atoms with Crippen LogP contribution >= 0.6 is 11.6 Å². The first-order valence-corrected chi connectivity index (χ1v) is 6.41. The number of aryl methyl sites for hydroxylation is 1. The van der Waals surface area contributed by atoms with Gasteiger partial charge in [-0.05, 0) is 24.0 Å². The lowest BCUT2D eigenvalue weighted by atomic mass is 10.1. The molecule has 0 amide bonds. The van der Waals surface area contributed by atoms with Crippen LogP contribution in [0.5, 0.6) is 0 Å². The third kappa shape index (κ3) is 1.95. The van der Waals surface area contributed by atoms with Gasteiger partial charge in [-0.15, -0.1) is 0 Å². The van der Waals surface area contributed by atoms with E-state index < -0.39 is 0 Å². The quantitative estimate of drug-likeness (QED) is 0.829. The molecule has 0 fully saturated rings. The highest BCUT2D eigenvalue weighted by Gasteiger charge is 2.26. The van der Waals surface area contributed by atoms with Gasteiger partial charge in [0.2, 0.25) is 5.95 Å². The summed E-state index contributed by atoms with van der Waals surface area (Å²) in [4.78, 5) is 10.7. The monoisotopic (exact) mass is 259 g/mol. The molecule has 0 N–H and O–H groups in total. The molecule has 92 valence electrons. The number of aromatic nitrogens is 2. The molecule has 3 nitrogen and oxygen atoms in total. The number of nitrogens with zero attached hydrogens (tertiary/aromatic N) is 3. The summed E-state index contributed by atoms with van der Waals surface area (Å²) in [6.07, 6.45) is 5.52. The Labute approximate surface area is 111 Å². The van der Waals surface area contributed by atoms with Gasteiger partial charge in [-0.2, -0.15) is 0 Å². The van der Waals surface area contributed by atoms with Crippen LogP contribution in [-0.2, 0) is 6.42 Å². The molecule has 0 bridgehead atoms. The van der Waals surface area contributed by atoms with Gasteiger partial charge in [0, 0.05) is 7.05 Å². The summed E-state index contributed by atoms with van der Waals surface area (Å²) in [6.45, 7) is 0. The van der Waals surface area contributed by atoms with Gasteiger partial charge in [-0.3, -0.25) is 0 Å². The van der Waals surface area contributed by atoms with E-state index in [1.807, 2.05) is 7.05 Å². The number of halogens is 1. The molecular weight excluding hydrogens is 246 g/mol. The Kier molecular flexibility index (Phi) is 2.92. The SMILES string of the molecule is CN(c1ncc(Cl)cn1)[C@H]1CCc2ccccc21. The topological polar surface area (TPSA) is 29.0 Å². The number of fused-ring (bicyclic) bond motifs is 1. The Morgan fingerprint density at radius 2 is 1.94 bits per heavy atom. The van der Waals surface area contributed by atoms with Gasteiger partial charge >= 0.3 is 0 Å². The fourth-order valence-corrected chi connectivity index (χ4v) is 2.66. The zero-order valence-electron chi connectivity index (χ0n) is 10.2. The minimum absolute atomic E-state index is 0.363. The van der Waals surface area contributed by atoms with E-state index in [0.29, 0.717) is 11.1 Å². The summed E-state index contributed by atoms with van der Waals surface area (Å²) in [5.41, 5.74) is 2.82. The first kappa shape index (κ1) is 11.5. The number of hydrogen-bond acceptors (Lipinski definition) is 3. The molecule has 0 spiro atoms. The predicted molar refractivity (Wildman–Crippen MR) is 72.9 cm³/mol. The van der Waals surface area contributed by atoms with Crippen molar-refractivity contribution in [2.24, 2.45) is 0 Å². The molecule has 1 aromatic carbocycles. The maximum Gasteiger partial charge on any atom is 0.225 e. The maximum absolute atomic E-state index is 5.81. The summed E-state index contributed by atoms with van der Waals surface area (Å²) >= 11 is 5.81. The Hall–Kier alpha value is -1.61. The zero-order valence-corrected chi connectivity index (χ0v) is 10.9. The van der Waals surface area contributed by atoms with Crippen LogP contribution in [0.2, 0.25) is 5.02 Å². The van der Waals surface area contributed by atoms with E-state index in [1.165, 1.54) is 11.1 Å². The fourth-order valence-electron chi connectivity index (χ4n) is 2.56. The highest BCUT2D eigenvalue weighted by molar-refractivity contribution is 6.30. The summed E-state index contributed by atoms with van der Waals surface area (Å²) < 4.78 is 0. The molecule has 0 unspecified atom stereocenters. The van der Waals surface area contributed by atoms with E-state index in [0.717, 1.165) is 18.8 Å². The van der Waals surface area contributed by atoms with Crippen molar-refractivity contribution >= 4 is 17.5 Å². The van der Waals surface area contributed by atoms with Crippen molar-refractivity contribution in [2.45, 2.75) is 18.9 Å². The molecule has 0 aliphatic heterocycles. The molecule has 4 heteroatoms. The summed E-state index contributed by atoms with van der Waals surface area (Å²) in [5, 5.41) is 0.568. The molecule has 18 heavy (non-hydrogen) atoms. The number of hydrogen-bond donors (Lipinski definition) is 0. The summed E-state index contributed by atoms with van der Waals surface area (Å²) in [6, 6.07) is 8.95. The average Bonchev–Trinajstić information content (AvgIpc) is 2.82. The van der Waals surface area contributed by atoms with Crippen molar-refractivity contribution in [1.29, 1.82) is 0 Å². The van der Waals surface area contributed by atoms with Crippen LogP contribution in [0.4, 0.5) is 5.95 Å². The van der Waals surface area contributed by atoms with Gasteiger partial charge in [0.25, 0.3) is 0 Å². The lowest BCUT2D eigenvalue weighted by molar-refractivity contribution is 0.647. The third-order valence-corrected chi connectivity index (χ3v) is 3.69. The first-order valence-electron chi connectivity index (χ1n) is 6.04. The Morgan fingerprint density at radius 3 is 2.72 bits per heavy atom. The second kappa shape index (κ2) is 4.58. The van der Waals surface area contributed by atoms with Crippen molar-refractivity contribution in [1.82, 2.24) is 9.97 Å². The van der Waals surface area contributed by atoms with Crippen molar-refractivity contribution < 1.29 is 0 Å². The molecule has 0 saturated heterocycles. The predicted octanol–water partition coefficient (Wildman–Crippen LogP) is 3.25. The Balaban J connectivity index is 1.90. The minimum atomic E-state index is 0.363. The smallest absolute Gasteiger partial charge is 0.225 e. The van der Waals surface area contributed by atoms with Crippen LogP contribution in [0, 0.1) is 0 Å². The van der Waals surface area contributed by atoms with Crippen molar-refractivity contribution in [3.63, 3.8) is 0 Å². The van der Waals surface area contributed by atoms with E-state index in [-0.39, 0.29) is 0 Å². The van der Waals surface area contributed by atoms with Crippen molar-refractivity contribution in [2.75, 3.05) is 11.9 Å². The van der Waals surface area contributed by atoms with E-state index in [9.17, 15) is 0 Å². The maximum atomic E-state index is 5.81. The lowest BCUT2D eigenvalue weighted by Gasteiger charge is -2.25. The van der Waals surface area contributed by atoms with Crippen LogP contribution in [0.3, 0.4) is 0 Å². The molecule has 1 atom stereocenters.